The highest BCUT2D eigenvalue weighted by atomic mass is 16.5. The van der Waals surface area contributed by atoms with Gasteiger partial charge in [0.2, 0.25) is 5.82 Å². The van der Waals surface area contributed by atoms with Crippen molar-refractivity contribution in [3.05, 3.63) is 35.3 Å². The Morgan fingerprint density at radius 3 is 3.00 bits per heavy atom. The summed E-state index contributed by atoms with van der Waals surface area (Å²) in [5.74, 6) is 1.72. The topological polar surface area (TPSA) is 93.6 Å². The summed E-state index contributed by atoms with van der Waals surface area (Å²) in [6.45, 7) is 2.02. The van der Waals surface area contributed by atoms with Crippen molar-refractivity contribution in [3.8, 4) is 23.0 Å². The summed E-state index contributed by atoms with van der Waals surface area (Å²) in [4.78, 5) is 9.01. The molecule has 3 heterocycles. The molecular formula is C18H17N5O2. The van der Waals surface area contributed by atoms with Crippen molar-refractivity contribution < 1.29 is 8.94 Å². The first-order chi connectivity index (χ1) is 12.3. The summed E-state index contributed by atoms with van der Waals surface area (Å²) in [5.41, 5.74) is 5.61. The summed E-state index contributed by atoms with van der Waals surface area (Å²) in [6, 6.07) is 5.73. The molecule has 0 spiro atoms. The number of H-pyrrole nitrogens is 1. The minimum Gasteiger partial charge on any atom is -0.441 e. The Bertz CT molecular complexity index is 1060. The maximum Gasteiger partial charge on any atom is 0.279 e. The molecule has 0 amide bonds. The average Bonchev–Trinajstić information content (AvgIpc) is 3.37. The lowest BCUT2D eigenvalue weighted by Gasteiger charge is -2.09. The monoisotopic (exact) mass is 335 g/mol. The predicted molar refractivity (Wildman–Crippen MR) is 90.9 cm³/mol. The first-order valence-corrected chi connectivity index (χ1v) is 8.62. The van der Waals surface area contributed by atoms with Gasteiger partial charge in [0.1, 0.15) is 5.52 Å². The van der Waals surface area contributed by atoms with Crippen LogP contribution in [0.15, 0.2) is 27.1 Å². The molecule has 1 N–H and O–H groups in total. The summed E-state index contributed by atoms with van der Waals surface area (Å²) in [6.07, 6.45) is 5.17. The van der Waals surface area contributed by atoms with Gasteiger partial charge in [-0.2, -0.15) is 10.1 Å². The van der Waals surface area contributed by atoms with E-state index in [2.05, 4.69) is 25.3 Å². The lowest BCUT2D eigenvalue weighted by atomic mass is 9.96. The third-order valence-corrected chi connectivity index (χ3v) is 4.68. The van der Waals surface area contributed by atoms with Gasteiger partial charge < -0.3 is 8.94 Å². The van der Waals surface area contributed by atoms with Crippen LogP contribution in [0.5, 0.6) is 0 Å². The van der Waals surface area contributed by atoms with Crippen LogP contribution in [-0.2, 0) is 19.3 Å². The second-order valence-corrected chi connectivity index (χ2v) is 6.30. The van der Waals surface area contributed by atoms with Gasteiger partial charge in [0, 0.05) is 23.2 Å². The van der Waals surface area contributed by atoms with Crippen molar-refractivity contribution >= 4 is 11.1 Å². The highest BCUT2D eigenvalue weighted by molar-refractivity contribution is 5.78. The Hall–Kier alpha value is -2.96. The lowest BCUT2D eigenvalue weighted by molar-refractivity contribution is 0.430. The molecule has 0 fully saturated rings. The molecule has 1 aliphatic rings. The third-order valence-electron chi connectivity index (χ3n) is 4.68. The highest BCUT2D eigenvalue weighted by Gasteiger charge is 2.22. The van der Waals surface area contributed by atoms with Crippen molar-refractivity contribution in [2.24, 2.45) is 0 Å². The Labute approximate surface area is 143 Å². The molecule has 0 radical (unpaired) electrons. The predicted octanol–water partition coefficient (Wildman–Crippen LogP) is 3.71. The average molecular weight is 335 g/mol. The van der Waals surface area contributed by atoms with Gasteiger partial charge in [0.05, 0.1) is 0 Å². The van der Waals surface area contributed by atoms with Gasteiger partial charge in [-0.15, -0.1) is 0 Å². The van der Waals surface area contributed by atoms with Crippen molar-refractivity contribution in [2.75, 3.05) is 0 Å². The molecule has 4 aromatic rings. The van der Waals surface area contributed by atoms with Gasteiger partial charge >= 0.3 is 0 Å². The van der Waals surface area contributed by atoms with E-state index in [1.807, 2.05) is 25.1 Å². The number of rotatable bonds is 3. The molecule has 0 bridgehead atoms. The smallest absolute Gasteiger partial charge is 0.279 e. The maximum absolute atomic E-state index is 5.64. The summed E-state index contributed by atoms with van der Waals surface area (Å²) in [7, 11) is 0. The van der Waals surface area contributed by atoms with E-state index in [0.29, 0.717) is 11.7 Å². The van der Waals surface area contributed by atoms with Gasteiger partial charge in [0.15, 0.2) is 17.2 Å². The van der Waals surface area contributed by atoms with E-state index >= 15 is 0 Å². The van der Waals surface area contributed by atoms with E-state index in [4.69, 9.17) is 8.94 Å². The standard InChI is InChI=1S/C18H17N5O2/c1-2-15-19-13-9-10(7-8-14(13)24-15)17-20-18(25-23-17)16-11-5-3-4-6-12(11)21-22-16/h7-9H,2-6H2,1H3,(H,21,22). The van der Waals surface area contributed by atoms with Crippen LogP contribution in [0.3, 0.4) is 0 Å². The Morgan fingerprint density at radius 1 is 1.16 bits per heavy atom. The first-order valence-electron chi connectivity index (χ1n) is 8.62. The van der Waals surface area contributed by atoms with Crippen LogP contribution in [0.1, 0.15) is 36.9 Å². The largest absolute Gasteiger partial charge is 0.441 e. The van der Waals surface area contributed by atoms with Crippen molar-refractivity contribution in [1.82, 2.24) is 25.3 Å². The number of fused-ring (bicyclic) bond motifs is 2. The quantitative estimate of drug-likeness (QED) is 0.613. The minimum absolute atomic E-state index is 0.462. The number of nitrogens with zero attached hydrogens (tertiary/aromatic N) is 4. The molecule has 0 atom stereocenters. The maximum atomic E-state index is 5.64. The fraction of sp³-hybridized carbons (Fsp3) is 0.333. The molecule has 0 unspecified atom stereocenters. The van der Waals surface area contributed by atoms with Crippen LogP contribution >= 0.6 is 0 Å². The summed E-state index contributed by atoms with van der Waals surface area (Å²) in [5, 5.41) is 11.6. The van der Waals surface area contributed by atoms with Crippen LogP contribution in [0, 0.1) is 0 Å². The molecule has 0 saturated heterocycles. The Kier molecular flexibility index (Phi) is 3.19. The van der Waals surface area contributed by atoms with Gasteiger partial charge in [-0.25, -0.2) is 4.98 Å². The number of aromatic amines is 1. The lowest BCUT2D eigenvalue weighted by Crippen LogP contribution is -2.01. The van der Waals surface area contributed by atoms with E-state index in [-0.39, 0.29) is 0 Å². The number of nitrogens with one attached hydrogen (secondary N) is 1. The first kappa shape index (κ1) is 14.4. The summed E-state index contributed by atoms with van der Waals surface area (Å²) >= 11 is 0. The zero-order valence-electron chi connectivity index (χ0n) is 13.9. The van der Waals surface area contributed by atoms with Crippen LogP contribution in [0.4, 0.5) is 0 Å². The normalized spacial score (nSPS) is 14.1. The number of hydrogen-bond acceptors (Lipinski definition) is 6. The fourth-order valence-corrected chi connectivity index (χ4v) is 3.36. The SMILES string of the molecule is CCc1nc2cc(-c3noc(-c4n[nH]c5c4CCCC5)n3)ccc2o1. The molecular weight excluding hydrogens is 318 g/mol. The molecule has 5 rings (SSSR count). The molecule has 7 nitrogen and oxygen atoms in total. The van der Waals surface area contributed by atoms with E-state index < -0.39 is 0 Å². The third kappa shape index (κ3) is 2.34. The zero-order chi connectivity index (χ0) is 16.8. The van der Waals surface area contributed by atoms with E-state index in [0.717, 1.165) is 47.5 Å². The van der Waals surface area contributed by atoms with Crippen molar-refractivity contribution in [2.45, 2.75) is 39.0 Å². The van der Waals surface area contributed by atoms with Crippen LogP contribution in [0.25, 0.3) is 34.1 Å². The number of hydrogen-bond donors (Lipinski definition) is 1. The summed E-state index contributed by atoms with van der Waals surface area (Å²) < 4.78 is 11.1. The molecule has 1 aromatic carbocycles. The van der Waals surface area contributed by atoms with Crippen molar-refractivity contribution in [1.29, 1.82) is 0 Å². The number of aromatic nitrogens is 5. The Balaban J connectivity index is 1.53. The van der Waals surface area contributed by atoms with Crippen LogP contribution < -0.4 is 0 Å². The van der Waals surface area contributed by atoms with Crippen LogP contribution in [-0.4, -0.2) is 25.3 Å². The molecule has 3 aromatic heterocycles. The highest BCUT2D eigenvalue weighted by Crippen LogP contribution is 2.30. The number of benzene rings is 1. The minimum atomic E-state index is 0.462. The number of aryl methyl sites for hydroxylation is 2. The second kappa shape index (κ2) is 5.54. The number of oxazole rings is 1. The van der Waals surface area contributed by atoms with Gasteiger partial charge in [-0.3, -0.25) is 5.10 Å². The molecule has 1 aliphatic carbocycles. The molecule has 126 valence electrons. The zero-order valence-corrected chi connectivity index (χ0v) is 13.9. The van der Waals surface area contributed by atoms with Gasteiger partial charge in [-0.05, 0) is 43.9 Å². The van der Waals surface area contributed by atoms with Crippen molar-refractivity contribution in [3.63, 3.8) is 0 Å². The Morgan fingerprint density at radius 2 is 2.08 bits per heavy atom. The second-order valence-electron chi connectivity index (χ2n) is 6.30. The molecule has 0 saturated carbocycles. The molecule has 0 aliphatic heterocycles. The van der Waals surface area contributed by atoms with E-state index in [9.17, 15) is 0 Å². The van der Waals surface area contributed by atoms with Gasteiger partial charge in [-0.1, -0.05) is 12.1 Å². The fourth-order valence-electron chi connectivity index (χ4n) is 3.36. The van der Waals surface area contributed by atoms with E-state index in [1.165, 1.54) is 24.1 Å². The molecule has 7 heteroatoms. The van der Waals surface area contributed by atoms with Crippen LogP contribution in [0.2, 0.25) is 0 Å². The molecule has 25 heavy (non-hydrogen) atoms. The van der Waals surface area contributed by atoms with Gasteiger partial charge in [0.25, 0.3) is 5.89 Å². The van der Waals surface area contributed by atoms with E-state index in [1.54, 1.807) is 0 Å².